The quantitative estimate of drug-likeness (QED) is 0.856. The molecule has 0 radical (unpaired) electrons. The van der Waals surface area contributed by atoms with Gasteiger partial charge < -0.3 is 5.73 Å². The number of alkyl halides is 1. The Bertz CT molecular complexity index is 326. The number of rotatable bonds is 3. The third-order valence-electron chi connectivity index (χ3n) is 2.00. The average Bonchev–Trinajstić information content (AvgIpc) is 2.10. The molecule has 4 heteroatoms. The lowest BCUT2D eigenvalue weighted by molar-refractivity contribution is 0.200. The van der Waals surface area contributed by atoms with Gasteiger partial charge in [0.2, 0.25) is 0 Å². The van der Waals surface area contributed by atoms with Crippen molar-refractivity contribution in [1.82, 2.24) is 0 Å². The summed E-state index contributed by atoms with van der Waals surface area (Å²) in [5.41, 5.74) is 4.60. The first-order valence-corrected chi connectivity index (χ1v) is 5.03. The lowest BCUT2D eigenvalue weighted by atomic mass is 9.98. The van der Waals surface area contributed by atoms with E-state index < -0.39 is 5.67 Å². The van der Waals surface area contributed by atoms with Gasteiger partial charge in [0.1, 0.15) is 5.67 Å². The summed E-state index contributed by atoms with van der Waals surface area (Å²) in [6, 6.07) is 5.01. The molecule has 0 bridgehead atoms. The van der Waals surface area contributed by atoms with Crippen molar-refractivity contribution in [3.8, 4) is 0 Å². The van der Waals surface area contributed by atoms with Crippen LogP contribution in [0.25, 0.3) is 0 Å². The van der Waals surface area contributed by atoms with Gasteiger partial charge in [-0.1, -0.05) is 29.3 Å². The van der Waals surface area contributed by atoms with Gasteiger partial charge in [-0.3, -0.25) is 0 Å². The van der Waals surface area contributed by atoms with Crippen molar-refractivity contribution in [2.24, 2.45) is 5.73 Å². The molecule has 0 aliphatic rings. The SMILES string of the molecule is CC(F)(CN)Cc1ccc(Cl)cc1Cl. The van der Waals surface area contributed by atoms with Crippen molar-refractivity contribution in [1.29, 1.82) is 0 Å². The van der Waals surface area contributed by atoms with Gasteiger partial charge in [-0.25, -0.2) is 4.39 Å². The van der Waals surface area contributed by atoms with Crippen LogP contribution in [0.2, 0.25) is 10.0 Å². The van der Waals surface area contributed by atoms with Crippen LogP contribution >= 0.6 is 23.2 Å². The molecule has 0 amide bonds. The first kappa shape index (κ1) is 11.8. The zero-order valence-corrected chi connectivity index (χ0v) is 9.37. The Morgan fingerprint density at radius 1 is 1.43 bits per heavy atom. The van der Waals surface area contributed by atoms with Gasteiger partial charge in [0.15, 0.2) is 0 Å². The minimum absolute atomic E-state index is 0.0219. The van der Waals surface area contributed by atoms with Crippen molar-refractivity contribution in [2.75, 3.05) is 6.54 Å². The molecular weight excluding hydrogens is 224 g/mol. The van der Waals surface area contributed by atoms with Crippen LogP contribution in [-0.2, 0) is 6.42 Å². The third-order valence-corrected chi connectivity index (χ3v) is 2.59. The van der Waals surface area contributed by atoms with E-state index in [1.807, 2.05) is 0 Å². The molecule has 0 aliphatic heterocycles. The molecule has 0 aromatic heterocycles. The Kier molecular flexibility index (Phi) is 3.76. The highest BCUT2D eigenvalue weighted by molar-refractivity contribution is 6.35. The van der Waals surface area contributed by atoms with Crippen LogP contribution in [-0.4, -0.2) is 12.2 Å². The van der Waals surface area contributed by atoms with Crippen molar-refractivity contribution < 1.29 is 4.39 Å². The lowest BCUT2D eigenvalue weighted by Gasteiger charge is -2.18. The highest BCUT2D eigenvalue weighted by Gasteiger charge is 2.22. The minimum atomic E-state index is -1.42. The Morgan fingerprint density at radius 3 is 2.57 bits per heavy atom. The maximum absolute atomic E-state index is 13.6. The molecule has 0 aliphatic carbocycles. The van der Waals surface area contributed by atoms with Gasteiger partial charge in [0.25, 0.3) is 0 Å². The summed E-state index contributed by atoms with van der Waals surface area (Å²) in [6.07, 6.45) is 0.208. The summed E-state index contributed by atoms with van der Waals surface area (Å²) in [4.78, 5) is 0. The first-order chi connectivity index (χ1) is 6.44. The second-order valence-electron chi connectivity index (χ2n) is 3.53. The Balaban J connectivity index is 2.87. The van der Waals surface area contributed by atoms with Gasteiger partial charge >= 0.3 is 0 Å². The summed E-state index contributed by atoms with van der Waals surface area (Å²) in [5.74, 6) is 0. The van der Waals surface area contributed by atoms with E-state index in [4.69, 9.17) is 28.9 Å². The van der Waals surface area contributed by atoms with Crippen LogP contribution in [0.4, 0.5) is 4.39 Å². The van der Waals surface area contributed by atoms with Gasteiger partial charge in [0, 0.05) is 23.0 Å². The molecule has 0 saturated heterocycles. The van der Waals surface area contributed by atoms with E-state index in [2.05, 4.69) is 0 Å². The number of hydrogen-bond donors (Lipinski definition) is 1. The largest absolute Gasteiger partial charge is 0.328 e. The van der Waals surface area contributed by atoms with E-state index in [1.165, 1.54) is 6.92 Å². The highest BCUT2D eigenvalue weighted by Crippen LogP contribution is 2.25. The molecule has 1 aromatic rings. The predicted octanol–water partition coefficient (Wildman–Crippen LogP) is 3.22. The molecular formula is C10H12Cl2FN. The van der Waals surface area contributed by atoms with Crippen molar-refractivity contribution in [3.05, 3.63) is 33.8 Å². The second-order valence-corrected chi connectivity index (χ2v) is 4.37. The first-order valence-electron chi connectivity index (χ1n) is 4.27. The van der Waals surface area contributed by atoms with Crippen LogP contribution < -0.4 is 5.73 Å². The monoisotopic (exact) mass is 235 g/mol. The van der Waals surface area contributed by atoms with Crippen molar-refractivity contribution in [3.63, 3.8) is 0 Å². The fraction of sp³-hybridized carbons (Fsp3) is 0.400. The molecule has 14 heavy (non-hydrogen) atoms. The second kappa shape index (κ2) is 4.47. The summed E-state index contributed by atoms with van der Waals surface area (Å²) >= 11 is 11.6. The normalized spacial score (nSPS) is 15.2. The van der Waals surface area contributed by atoms with E-state index in [0.717, 1.165) is 5.56 Å². The maximum Gasteiger partial charge on any atom is 0.124 e. The molecule has 78 valence electrons. The molecule has 0 spiro atoms. The molecule has 0 heterocycles. The Morgan fingerprint density at radius 2 is 2.07 bits per heavy atom. The van der Waals surface area contributed by atoms with Crippen LogP contribution in [0.3, 0.4) is 0 Å². The average molecular weight is 236 g/mol. The molecule has 1 aromatic carbocycles. The van der Waals surface area contributed by atoms with Gasteiger partial charge in [-0.05, 0) is 24.6 Å². The number of halogens is 3. The highest BCUT2D eigenvalue weighted by atomic mass is 35.5. The molecule has 1 nitrogen and oxygen atoms in total. The number of benzene rings is 1. The van der Waals surface area contributed by atoms with Crippen LogP contribution in [0.1, 0.15) is 12.5 Å². The number of hydrogen-bond acceptors (Lipinski definition) is 1. The van der Waals surface area contributed by atoms with E-state index in [9.17, 15) is 4.39 Å². The van der Waals surface area contributed by atoms with E-state index in [-0.39, 0.29) is 13.0 Å². The molecule has 1 rings (SSSR count). The van der Waals surface area contributed by atoms with Crippen LogP contribution in [0.5, 0.6) is 0 Å². The van der Waals surface area contributed by atoms with Crippen molar-refractivity contribution >= 4 is 23.2 Å². The Hall–Kier alpha value is -0.310. The van der Waals surface area contributed by atoms with Crippen LogP contribution in [0.15, 0.2) is 18.2 Å². The minimum Gasteiger partial charge on any atom is -0.328 e. The maximum atomic E-state index is 13.6. The van der Waals surface area contributed by atoms with Gasteiger partial charge in [-0.2, -0.15) is 0 Å². The standard InChI is InChI=1S/C10H12Cl2FN/c1-10(13,6-14)5-7-2-3-8(11)4-9(7)12/h2-4H,5-6,14H2,1H3. The third kappa shape index (κ3) is 3.12. The molecule has 2 N–H and O–H groups in total. The fourth-order valence-corrected chi connectivity index (χ4v) is 1.61. The van der Waals surface area contributed by atoms with Crippen molar-refractivity contribution in [2.45, 2.75) is 19.0 Å². The molecule has 0 fully saturated rings. The zero-order chi connectivity index (χ0) is 10.8. The topological polar surface area (TPSA) is 26.0 Å². The summed E-state index contributed by atoms with van der Waals surface area (Å²) in [6.45, 7) is 1.43. The Labute approximate surface area is 93.0 Å². The van der Waals surface area contributed by atoms with E-state index in [0.29, 0.717) is 10.0 Å². The van der Waals surface area contributed by atoms with Crippen LogP contribution in [0, 0.1) is 0 Å². The fourth-order valence-electron chi connectivity index (χ4n) is 1.13. The lowest BCUT2D eigenvalue weighted by Crippen LogP contribution is -2.31. The molecule has 0 saturated carbocycles. The zero-order valence-electron chi connectivity index (χ0n) is 7.86. The summed E-state index contributed by atoms with van der Waals surface area (Å²) in [5, 5.41) is 1.03. The molecule has 1 unspecified atom stereocenters. The van der Waals surface area contributed by atoms with E-state index in [1.54, 1.807) is 18.2 Å². The van der Waals surface area contributed by atoms with Gasteiger partial charge in [0.05, 0.1) is 0 Å². The van der Waals surface area contributed by atoms with Gasteiger partial charge in [-0.15, -0.1) is 0 Å². The smallest absolute Gasteiger partial charge is 0.124 e. The summed E-state index contributed by atoms with van der Waals surface area (Å²) < 4.78 is 13.6. The molecule has 1 atom stereocenters. The summed E-state index contributed by atoms with van der Waals surface area (Å²) in [7, 11) is 0. The van der Waals surface area contributed by atoms with E-state index >= 15 is 0 Å². The number of nitrogens with two attached hydrogens (primary N) is 1. The predicted molar refractivity (Wildman–Crippen MR) is 58.7 cm³/mol.